The highest BCUT2D eigenvalue weighted by Crippen LogP contribution is 2.60. The van der Waals surface area contributed by atoms with Gasteiger partial charge in [0.1, 0.15) is 5.75 Å². The first-order valence-corrected chi connectivity index (χ1v) is 5.91. The van der Waals surface area contributed by atoms with Gasteiger partial charge in [0.15, 0.2) is 0 Å². The predicted molar refractivity (Wildman–Crippen MR) is 58.8 cm³/mol. The molecule has 2 unspecified atom stereocenters. The molecule has 0 aromatic heterocycles. The number of rotatable bonds is 1. The summed E-state index contributed by atoms with van der Waals surface area (Å²) in [6, 6.07) is 1.92. The molecule has 1 heterocycles. The van der Waals surface area contributed by atoms with Crippen molar-refractivity contribution in [1.82, 2.24) is 0 Å². The third-order valence-electron chi connectivity index (χ3n) is 3.85. The van der Waals surface area contributed by atoms with Crippen LogP contribution in [0.3, 0.4) is 0 Å². The van der Waals surface area contributed by atoms with Crippen LogP contribution in [-0.4, -0.2) is 18.3 Å². The lowest BCUT2D eigenvalue weighted by atomic mass is 9.90. The molecule has 2 nitrogen and oxygen atoms in total. The maximum absolute atomic E-state index is 12.7. The van der Waals surface area contributed by atoms with Crippen LogP contribution in [0.1, 0.15) is 17.5 Å². The number of fused-ring (bicyclic) bond motifs is 3. The Bertz CT molecular complexity index is 515. The van der Waals surface area contributed by atoms with Crippen molar-refractivity contribution in [3.8, 4) is 5.75 Å². The van der Waals surface area contributed by atoms with Gasteiger partial charge in [-0.05, 0) is 18.6 Å². The summed E-state index contributed by atoms with van der Waals surface area (Å²) in [5.41, 5.74) is -0.991. The minimum absolute atomic E-state index is 0.0435. The fraction of sp³-hybridized carbons (Fsp3) is 0.500. The second-order valence-corrected chi connectivity index (χ2v) is 5.27. The molecule has 1 N–H and O–H groups in total. The molecule has 18 heavy (non-hydrogen) atoms. The Labute approximate surface area is 106 Å². The second kappa shape index (κ2) is 3.54. The molecule has 0 saturated heterocycles. The third-order valence-corrected chi connectivity index (χ3v) is 4.13. The number of ether oxygens (including phenoxy) is 1. The fourth-order valence-electron chi connectivity index (χ4n) is 2.67. The summed E-state index contributed by atoms with van der Waals surface area (Å²) in [4.78, 5) is 0. The van der Waals surface area contributed by atoms with Crippen molar-refractivity contribution in [2.45, 2.75) is 18.0 Å². The van der Waals surface area contributed by atoms with E-state index in [1.165, 1.54) is 0 Å². The van der Waals surface area contributed by atoms with E-state index in [4.69, 9.17) is 16.3 Å². The van der Waals surface area contributed by atoms with E-state index in [0.29, 0.717) is 18.6 Å². The van der Waals surface area contributed by atoms with E-state index in [9.17, 15) is 18.3 Å². The lowest BCUT2D eigenvalue weighted by Gasteiger charge is -2.26. The van der Waals surface area contributed by atoms with Gasteiger partial charge in [0.25, 0.3) is 0 Å². The standard InChI is InChI=1S/C12H10ClF3O2/c13-9-2-6(12(14,15)16)1-8-10(9)18-4-7-3-11(7,8)5-17/h1-2,7,17H,3-5H2. The van der Waals surface area contributed by atoms with E-state index in [1.54, 1.807) is 0 Å². The Morgan fingerprint density at radius 1 is 1.44 bits per heavy atom. The summed E-state index contributed by atoms with van der Waals surface area (Å²) in [5, 5.41) is 9.40. The van der Waals surface area contributed by atoms with Gasteiger partial charge < -0.3 is 9.84 Å². The molecule has 0 radical (unpaired) electrons. The van der Waals surface area contributed by atoms with Crippen molar-refractivity contribution in [3.63, 3.8) is 0 Å². The molecule has 1 aliphatic heterocycles. The summed E-state index contributed by atoms with van der Waals surface area (Å²) in [7, 11) is 0. The zero-order valence-electron chi connectivity index (χ0n) is 9.22. The van der Waals surface area contributed by atoms with Gasteiger partial charge in [0.2, 0.25) is 0 Å². The highest BCUT2D eigenvalue weighted by Gasteiger charge is 2.59. The van der Waals surface area contributed by atoms with Gasteiger partial charge in [-0.25, -0.2) is 0 Å². The average molecular weight is 279 g/mol. The SMILES string of the molecule is OCC12CC1COc1c(Cl)cc(C(F)(F)F)cc12. The molecule has 6 heteroatoms. The first kappa shape index (κ1) is 12.1. The molecule has 2 atom stereocenters. The van der Waals surface area contributed by atoms with Gasteiger partial charge in [0.05, 0.1) is 23.8 Å². The van der Waals surface area contributed by atoms with Gasteiger partial charge in [-0.15, -0.1) is 0 Å². The number of benzene rings is 1. The van der Waals surface area contributed by atoms with Crippen LogP contribution in [0.4, 0.5) is 13.2 Å². The molecular formula is C12H10ClF3O2. The monoisotopic (exact) mass is 278 g/mol. The zero-order chi connectivity index (χ0) is 13.1. The summed E-state index contributed by atoms with van der Waals surface area (Å²) in [6.45, 7) is 0.226. The van der Waals surface area contributed by atoms with Gasteiger partial charge >= 0.3 is 6.18 Å². The lowest BCUT2D eigenvalue weighted by Crippen LogP contribution is -2.25. The molecule has 1 fully saturated rings. The molecule has 0 spiro atoms. The number of aliphatic hydroxyl groups excluding tert-OH is 1. The minimum Gasteiger partial charge on any atom is -0.491 e. The summed E-state index contributed by atoms with van der Waals surface area (Å²) in [5.74, 6) is 0.377. The molecule has 0 amide bonds. The Kier molecular flexibility index (Phi) is 2.38. The average Bonchev–Trinajstić information content (AvgIpc) is 3.02. The molecule has 0 bridgehead atoms. The number of hydrogen-bond acceptors (Lipinski definition) is 2. The van der Waals surface area contributed by atoms with Gasteiger partial charge in [-0.3, -0.25) is 0 Å². The van der Waals surface area contributed by atoms with E-state index in [0.717, 1.165) is 12.1 Å². The fourth-order valence-corrected chi connectivity index (χ4v) is 2.94. The maximum Gasteiger partial charge on any atom is 0.416 e. The molecule has 2 aliphatic rings. The van der Waals surface area contributed by atoms with Crippen LogP contribution < -0.4 is 4.74 Å². The second-order valence-electron chi connectivity index (χ2n) is 4.86. The maximum atomic E-state index is 12.7. The molecule has 98 valence electrons. The number of aliphatic hydroxyl groups is 1. The number of hydrogen-bond donors (Lipinski definition) is 1. The van der Waals surface area contributed by atoms with Gasteiger partial charge in [-0.1, -0.05) is 11.6 Å². The van der Waals surface area contributed by atoms with Crippen LogP contribution in [0.2, 0.25) is 5.02 Å². The Hall–Kier alpha value is -0.940. The van der Waals surface area contributed by atoms with Crippen molar-refractivity contribution in [2.75, 3.05) is 13.2 Å². The van der Waals surface area contributed by atoms with Crippen molar-refractivity contribution in [1.29, 1.82) is 0 Å². The topological polar surface area (TPSA) is 29.5 Å². The molecular weight excluding hydrogens is 269 g/mol. The lowest BCUT2D eigenvalue weighted by molar-refractivity contribution is -0.137. The van der Waals surface area contributed by atoms with E-state index >= 15 is 0 Å². The van der Waals surface area contributed by atoms with Crippen LogP contribution in [0.5, 0.6) is 5.75 Å². The van der Waals surface area contributed by atoms with E-state index in [-0.39, 0.29) is 23.3 Å². The van der Waals surface area contributed by atoms with Crippen LogP contribution in [-0.2, 0) is 11.6 Å². The highest BCUT2D eigenvalue weighted by atomic mass is 35.5. The molecule has 1 saturated carbocycles. The first-order valence-electron chi connectivity index (χ1n) is 5.53. The van der Waals surface area contributed by atoms with Gasteiger partial charge in [0, 0.05) is 16.9 Å². The van der Waals surface area contributed by atoms with Crippen LogP contribution in [0, 0.1) is 5.92 Å². The smallest absolute Gasteiger partial charge is 0.416 e. The van der Waals surface area contributed by atoms with Crippen molar-refractivity contribution < 1.29 is 23.0 Å². The summed E-state index contributed by atoms with van der Waals surface area (Å²) < 4.78 is 43.6. The van der Waals surface area contributed by atoms with E-state index in [1.807, 2.05) is 0 Å². The zero-order valence-corrected chi connectivity index (χ0v) is 9.98. The van der Waals surface area contributed by atoms with Crippen LogP contribution >= 0.6 is 11.6 Å². The summed E-state index contributed by atoms with van der Waals surface area (Å²) in [6.07, 6.45) is -3.80. The minimum atomic E-state index is -4.45. The first-order chi connectivity index (χ1) is 8.38. The number of halogens is 4. The highest BCUT2D eigenvalue weighted by molar-refractivity contribution is 6.32. The quantitative estimate of drug-likeness (QED) is 0.856. The third kappa shape index (κ3) is 1.53. The van der Waals surface area contributed by atoms with Crippen molar-refractivity contribution in [3.05, 3.63) is 28.3 Å². The molecule has 1 aromatic carbocycles. The van der Waals surface area contributed by atoms with Crippen molar-refractivity contribution >= 4 is 11.6 Å². The summed E-state index contributed by atoms with van der Waals surface area (Å²) >= 11 is 5.85. The Morgan fingerprint density at radius 2 is 2.17 bits per heavy atom. The van der Waals surface area contributed by atoms with E-state index in [2.05, 4.69) is 0 Å². The molecule has 3 rings (SSSR count). The largest absolute Gasteiger partial charge is 0.491 e. The molecule has 1 aromatic rings. The Morgan fingerprint density at radius 3 is 2.78 bits per heavy atom. The van der Waals surface area contributed by atoms with Crippen LogP contribution in [0.25, 0.3) is 0 Å². The predicted octanol–water partition coefficient (Wildman–Crippen LogP) is 3.00. The van der Waals surface area contributed by atoms with Crippen LogP contribution in [0.15, 0.2) is 12.1 Å². The number of alkyl halides is 3. The Balaban J connectivity index is 2.17. The molecule has 1 aliphatic carbocycles. The normalized spacial score (nSPS) is 29.3. The van der Waals surface area contributed by atoms with Gasteiger partial charge in [-0.2, -0.15) is 13.2 Å². The van der Waals surface area contributed by atoms with E-state index < -0.39 is 17.2 Å². The van der Waals surface area contributed by atoms with Crippen molar-refractivity contribution in [2.24, 2.45) is 5.92 Å².